The van der Waals surface area contributed by atoms with Crippen LogP contribution in [0.2, 0.25) is 0 Å². The zero-order valence-corrected chi connectivity index (χ0v) is 15.5. The maximum atomic E-state index is 12.1. The first-order valence-electron chi connectivity index (χ1n) is 8.69. The van der Waals surface area contributed by atoms with Gasteiger partial charge in [0.05, 0.1) is 13.3 Å². The lowest BCUT2D eigenvalue weighted by Gasteiger charge is -2.11. The fourth-order valence-corrected chi connectivity index (χ4v) is 2.49. The average Bonchev–Trinajstić information content (AvgIpc) is 2.73. The molecule has 0 aliphatic carbocycles. The van der Waals surface area contributed by atoms with Crippen LogP contribution in [-0.2, 0) is 6.61 Å². The van der Waals surface area contributed by atoms with Gasteiger partial charge in [0.25, 0.3) is 5.91 Å². The first-order valence-corrected chi connectivity index (χ1v) is 8.69. The number of hydrazone groups is 1. The highest BCUT2D eigenvalue weighted by Crippen LogP contribution is 2.28. The van der Waals surface area contributed by atoms with Crippen LogP contribution in [0.4, 0.5) is 5.69 Å². The number of nitrogens with one attached hydrogen (secondary N) is 1. The van der Waals surface area contributed by atoms with Crippen LogP contribution >= 0.6 is 0 Å². The Morgan fingerprint density at radius 1 is 1.04 bits per heavy atom. The summed E-state index contributed by atoms with van der Waals surface area (Å²) in [5.74, 6) is 0.907. The summed E-state index contributed by atoms with van der Waals surface area (Å²) in [5.41, 5.74) is 11.0. The second-order valence-electron chi connectivity index (χ2n) is 6.01. The average molecular weight is 375 g/mol. The molecule has 0 spiro atoms. The number of carbonyl (C=O) groups is 1. The molecular weight excluding hydrogens is 354 g/mol. The summed E-state index contributed by atoms with van der Waals surface area (Å²) >= 11 is 0. The number of nitrogens with zero attached hydrogens (tertiary/aromatic N) is 1. The van der Waals surface area contributed by atoms with Crippen molar-refractivity contribution in [1.29, 1.82) is 0 Å². The molecule has 3 aromatic rings. The lowest BCUT2D eigenvalue weighted by molar-refractivity contribution is 0.0955. The van der Waals surface area contributed by atoms with Gasteiger partial charge < -0.3 is 15.2 Å². The van der Waals surface area contributed by atoms with E-state index in [1.165, 1.54) is 0 Å². The monoisotopic (exact) mass is 375 g/mol. The number of methoxy groups -OCH3 is 1. The Morgan fingerprint density at radius 3 is 2.50 bits per heavy atom. The Morgan fingerprint density at radius 2 is 1.79 bits per heavy atom. The SMILES string of the molecule is COc1ccc(/C=N\NC(=O)c2ccc(N)cc2)cc1OCc1ccccc1. The third-order valence-electron chi connectivity index (χ3n) is 3.98. The molecule has 6 heteroatoms. The molecule has 0 bridgehead atoms. The minimum atomic E-state index is -0.315. The number of hydrogen-bond acceptors (Lipinski definition) is 5. The van der Waals surface area contributed by atoms with Gasteiger partial charge in [-0.25, -0.2) is 5.43 Å². The lowest BCUT2D eigenvalue weighted by Crippen LogP contribution is -2.17. The van der Waals surface area contributed by atoms with Gasteiger partial charge in [0.1, 0.15) is 6.61 Å². The van der Waals surface area contributed by atoms with E-state index in [0.29, 0.717) is 29.4 Å². The van der Waals surface area contributed by atoms with E-state index in [0.717, 1.165) is 11.1 Å². The molecule has 0 aliphatic heterocycles. The Labute approximate surface area is 163 Å². The predicted octanol–water partition coefficient (Wildman–Crippen LogP) is 3.62. The quantitative estimate of drug-likeness (QED) is 0.375. The molecule has 0 saturated heterocycles. The van der Waals surface area contributed by atoms with Crippen LogP contribution in [0.5, 0.6) is 11.5 Å². The third-order valence-corrected chi connectivity index (χ3v) is 3.98. The van der Waals surface area contributed by atoms with Gasteiger partial charge in [0.15, 0.2) is 11.5 Å². The zero-order chi connectivity index (χ0) is 19.8. The van der Waals surface area contributed by atoms with Crippen molar-refractivity contribution in [3.63, 3.8) is 0 Å². The summed E-state index contributed by atoms with van der Waals surface area (Å²) in [4.78, 5) is 12.1. The highest BCUT2D eigenvalue weighted by Gasteiger charge is 2.06. The van der Waals surface area contributed by atoms with Crippen molar-refractivity contribution in [3.8, 4) is 11.5 Å². The maximum Gasteiger partial charge on any atom is 0.271 e. The Bertz CT molecular complexity index is 955. The van der Waals surface area contributed by atoms with E-state index in [2.05, 4.69) is 10.5 Å². The summed E-state index contributed by atoms with van der Waals surface area (Å²) in [6, 6.07) is 21.9. The number of benzene rings is 3. The van der Waals surface area contributed by atoms with E-state index in [4.69, 9.17) is 15.2 Å². The number of hydrogen-bond donors (Lipinski definition) is 2. The summed E-state index contributed by atoms with van der Waals surface area (Å²) in [6.45, 7) is 0.422. The standard InChI is InChI=1S/C22H21N3O3/c1-27-20-12-7-17(13-21(20)28-15-16-5-3-2-4-6-16)14-24-25-22(26)18-8-10-19(23)11-9-18/h2-14H,15,23H2,1H3,(H,25,26)/b24-14-. The first-order chi connectivity index (χ1) is 13.7. The van der Waals surface area contributed by atoms with E-state index in [1.54, 1.807) is 49.7 Å². The normalized spacial score (nSPS) is 10.6. The molecule has 0 fully saturated rings. The minimum absolute atomic E-state index is 0.315. The van der Waals surface area contributed by atoms with Gasteiger partial charge in [-0.15, -0.1) is 0 Å². The number of nitrogens with two attached hydrogens (primary N) is 1. The molecule has 142 valence electrons. The summed E-state index contributed by atoms with van der Waals surface area (Å²) in [6.07, 6.45) is 1.55. The number of anilines is 1. The topological polar surface area (TPSA) is 85.9 Å². The lowest BCUT2D eigenvalue weighted by atomic mass is 10.2. The second kappa shape index (κ2) is 9.23. The van der Waals surface area contributed by atoms with Crippen molar-refractivity contribution in [3.05, 3.63) is 89.5 Å². The molecule has 6 nitrogen and oxygen atoms in total. The van der Waals surface area contributed by atoms with Gasteiger partial charge >= 0.3 is 0 Å². The molecule has 0 heterocycles. The van der Waals surface area contributed by atoms with Crippen LogP contribution in [-0.4, -0.2) is 19.2 Å². The fraction of sp³-hybridized carbons (Fsp3) is 0.0909. The van der Waals surface area contributed by atoms with E-state index in [9.17, 15) is 4.79 Å². The summed E-state index contributed by atoms with van der Waals surface area (Å²) in [5, 5.41) is 4.00. The van der Waals surface area contributed by atoms with Gasteiger partial charge in [-0.3, -0.25) is 4.79 Å². The molecule has 28 heavy (non-hydrogen) atoms. The highest BCUT2D eigenvalue weighted by atomic mass is 16.5. The van der Waals surface area contributed by atoms with Crippen LogP contribution < -0.4 is 20.6 Å². The summed E-state index contributed by atoms with van der Waals surface area (Å²) < 4.78 is 11.2. The van der Waals surface area contributed by atoms with Gasteiger partial charge in [-0.05, 0) is 53.6 Å². The maximum absolute atomic E-state index is 12.1. The van der Waals surface area contributed by atoms with Gasteiger partial charge in [0, 0.05) is 11.3 Å². The molecule has 3 N–H and O–H groups in total. The Balaban J connectivity index is 1.65. The van der Waals surface area contributed by atoms with Crippen molar-refractivity contribution < 1.29 is 14.3 Å². The van der Waals surface area contributed by atoms with Crippen molar-refractivity contribution in [1.82, 2.24) is 5.43 Å². The second-order valence-corrected chi connectivity index (χ2v) is 6.01. The number of ether oxygens (including phenoxy) is 2. The van der Waals surface area contributed by atoms with Crippen LogP contribution in [0.1, 0.15) is 21.5 Å². The first kappa shape index (κ1) is 19.0. The minimum Gasteiger partial charge on any atom is -0.493 e. The highest BCUT2D eigenvalue weighted by molar-refractivity contribution is 5.95. The van der Waals surface area contributed by atoms with Crippen molar-refractivity contribution in [2.75, 3.05) is 12.8 Å². The molecule has 1 amide bonds. The molecule has 0 saturated carbocycles. The van der Waals surface area contributed by atoms with E-state index >= 15 is 0 Å². The number of rotatable bonds is 7. The van der Waals surface area contributed by atoms with E-state index < -0.39 is 0 Å². The number of amides is 1. The van der Waals surface area contributed by atoms with Gasteiger partial charge in [0.2, 0.25) is 0 Å². The molecule has 3 aromatic carbocycles. The summed E-state index contributed by atoms with van der Waals surface area (Å²) in [7, 11) is 1.59. The van der Waals surface area contributed by atoms with Crippen LogP contribution in [0.3, 0.4) is 0 Å². The molecule has 3 rings (SSSR count). The third kappa shape index (κ3) is 5.11. The molecular formula is C22H21N3O3. The smallest absolute Gasteiger partial charge is 0.271 e. The van der Waals surface area contributed by atoms with Crippen molar-refractivity contribution in [2.45, 2.75) is 6.61 Å². The molecule has 0 unspecified atom stereocenters. The molecule has 0 radical (unpaired) electrons. The zero-order valence-electron chi connectivity index (χ0n) is 15.5. The van der Waals surface area contributed by atoms with Crippen molar-refractivity contribution in [2.24, 2.45) is 5.10 Å². The van der Waals surface area contributed by atoms with Crippen LogP contribution in [0.25, 0.3) is 0 Å². The number of carbonyl (C=O) groups excluding carboxylic acids is 1. The molecule has 0 aromatic heterocycles. The number of nitrogen functional groups attached to an aromatic ring is 1. The fourth-order valence-electron chi connectivity index (χ4n) is 2.49. The molecule has 0 atom stereocenters. The van der Waals surface area contributed by atoms with Crippen LogP contribution in [0.15, 0.2) is 77.9 Å². The Kier molecular flexibility index (Phi) is 6.25. The van der Waals surface area contributed by atoms with Gasteiger partial charge in [-0.1, -0.05) is 30.3 Å². The van der Waals surface area contributed by atoms with E-state index in [1.807, 2.05) is 36.4 Å². The van der Waals surface area contributed by atoms with Gasteiger partial charge in [-0.2, -0.15) is 5.10 Å². The van der Waals surface area contributed by atoms with E-state index in [-0.39, 0.29) is 5.91 Å². The predicted molar refractivity (Wildman–Crippen MR) is 110 cm³/mol. The largest absolute Gasteiger partial charge is 0.493 e. The van der Waals surface area contributed by atoms with Crippen molar-refractivity contribution >= 4 is 17.8 Å². The molecule has 0 aliphatic rings. The van der Waals surface area contributed by atoms with Crippen LogP contribution in [0, 0.1) is 0 Å². The Hall–Kier alpha value is -3.80.